The van der Waals surface area contributed by atoms with E-state index in [0.29, 0.717) is 24.5 Å². The van der Waals surface area contributed by atoms with Crippen LogP contribution >= 0.6 is 0 Å². The van der Waals surface area contributed by atoms with Gasteiger partial charge in [0.15, 0.2) is 0 Å². The van der Waals surface area contributed by atoms with Gasteiger partial charge in [-0.3, -0.25) is 4.79 Å². The molecule has 0 N–H and O–H groups in total. The fourth-order valence-corrected chi connectivity index (χ4v) is 1.73. The Labute approximate surface area is 78.8 Å². The van der Waals surface area contributed by atoms with Crippen LogP contribution in [-0.4, -0.2) is 16.3 Å². The van der Waals surface area contributed by atoms with Gasteiger partial charge in [-0.25, -0.2) is 0 Å². The molecule has 0 aliphatic heterocycles. The maximum absolute atomic E-state index is 11.2. The van der Waals surface area contributed by atoms with Gasteiger partial charge in [-0.2, -0.15) is 4.79 Å². The number of rotatable bonds is 0. The molecule has 1 saturated carbocycles. The first-order valence-electron chi connectivity index (χ1n) is 4.69. The number of hydrogen-bond donors (Lipinski definition) is 0. The average Bonchev–Trinajstić information content (AvgIpc) is 2.03. The van der Waals surface area contributed by atoms with Crippen molar-refractivity contribution < 1.29 is 9.58 Å². The summed E-state index contributed by atoms with van der Waals surface area (Å²) in [7, 11) is 0. The third kappa shape index (κ3) is 2.25. The molecule has 0 aromatic carbocycles. The molecule has 1 aliphatic rings. The Morgan fingerprint density at radius 1 is 1.46 bits per heavy atom. The van der Waals surface area contributed by atoms with E-state index >= 15 is 0 Å². The summed E-state index contributed by atoms with van der Waals surface area (Å²) >= 11 is 0. The smallest absolute Gasteiger partial charge is 0.334 e. The Hall–Kier alpha value is -0.950. The number of ketones is 1. The van der Waals surface area contributed by atoms with Gasteiger partial charge >= 0.3 is 5.71 Å². The maximum Gasteiger partial charge on any atom is 0.334 e. The number of carbonyl (C=O) groups excluding carboxylic acids is 1. The van der Waals surface area contributed by atoms with E-state index in [1.807, 2.05) is 0 Å². The number of Topliss-reactive ketones (excluding diaryl/α,β-unsaturated/α-hetero) is 1. The van der Waals surface area contributed by atoms with Crippen LogP contribution in [-0.2, 0) is 4.79 Å². The summed E-state index contributed by atoms with van der Waals surface area (Å²) in [6, 6.07) is 0. The highest BCUT2D eigenvalue weighted by Crippen LogP contribution is 2.35. The second kappa shape index (κ2) is 3.43. The van der Waals surface area contributed by atoms with E-state index in [0.717, 1.165) is 6.42 Å². The molecule has 0 amide bonds. The summed E-state index contributed by atoms with van der Waals surface area (Å²) in [6.45, 7) is 6.47. The van der Waals surface area contributed by atoms with E-state index in [4.69, 9.17) is 5.53 Å². The van der Waals surface area contributed by atoms with E-state index < -0.39 is 0 Å². The first kappa shape index (κ1) is 10.1. The molecule has 1 atom stereocenters. The van der Waals surface area contributed by atoms with Crippen molar-refractivity contribution >= 4 is 11.5 Å². The lowest BCUT2D eigenvalue weighted by Crippen LogP contribution is -2.32. The predicted octanol–water partition coefficient (Wildman–Crippen LogP) is 2.07. The quantitative estimate of drug-likeness (QED) is 0.416. The van der Waals surface area contributed by atoms with Crippen LogP contribution in [0.15, 0.2) is 0 Å². The van der Waals surface area contributed by atoms with Crippen LogP contribution in [0.1, 0.15) is 40.0 Å². The van der Waals surface area contributed by atoms with Gasteiger partial charge < -0.3 is 5.53 Å². The van der Waals surface area contributed by atoms with E-state index in [1.54, 1.807) is 0 Å². The summed E-state index contributed by atoms with van der Waals surface area (Å²) in [4.78, 5) is 14.3. The van der Waals surface area contributed by atoms with Gasteiger partial charge in [0.25, 0.3) is 0 Å². The molecular formula is C10H16N2O. The summed E-state index contributed by atoms with van der Waals surface area (Å²) in [5, 5.41) is 0. The molecule has 0 aromatic rings. The lowest BCUT2D eigenvalue weighted by molar-refractivity contribution is -0.119. The first-order chi connectivity index (χ1) is 5.95. The fraction of sp³-hybridized carbons (Fsp3) is 0.800. The van der Waals surface area contributed by atoms with Crippen molar-refractivity contribution in [2.75, 3.05) is 0 Å². The minimum atomic E-state index is 0.00278. The Bertz CT molecular complexity index is 269. The van der Waals surface area contributed by atoms with Crippen LogP contribution in [0.5, 0.6) is 0 Å². The third-order valence-corrected chi connectivity index (χ3v) is 2.83. The molecule has 0 bridgehead atoms. The summed E-state index contributed by atoms with van der Waals surface area (Å²) in [5.41, 5.74) is 9.16. The minimum Gasteiger partial charge on any atom is -0.361 e. The first-order valence-corrected chi connectivity index (χ1v) is 4.69. The lowest BCUT2D eigenvalue weighted by Gasteiger charge is -2.31. The van der Waals surface area contributed by atoms with Crippen LogP contribution in [0, 0.1) is 11.3 Å². The molecule has 0 radical (unpaired) electrons. The largest absolute Gasteiger partial charge is 0.361 e. The molecule has 0 spiro atoms. The summed E-state index contributed by atoms with van der Waals surface area (Å²) < 4.78 is 0. The molecule has 0 saturated heterocycles. The number of nitrogens with zero attached hydrogens (tertiary/aromatic N) is 2. The molecule has 0 unspecified atom stereocenters. The van der Waals surface area contributed by atoms with Gasteiger partial charge in [0.05, 0.1) is 6.42 Å². The molecule has 3 heteroatoms. The lowest BCUT2D eigenvalue weighted by atomic mass is 9.71. The van der Waals surface area contributed by atoms with Gasteiger partial charge in [0, 0.05) is 6.42 Å². The Kier molecular flexibility index (Phi) is 2.67. The van der Waals surface area contributed by atoms with Crippen LogP contribution < -0.4 is 0 Å². The highest BCUT2D eigenvalue weighted by molar-refractivity contribution is 6.38. The maximum atomic E-state index is 11.2. The van der Waals surface area contributed by atoms with E-state index in [-0.39, 0.29) is 11.2 Å². The van der Waals surface area contributed by atoms with Gasteiger partial charge in [-0.1, -0.05) is 20.8 Å². The monoisotopic (exact) mass is 180 g/mol. The highest BCUT2D eigenvalue weighted by atomic mass is 16.1. The molecule has 0 aromatic heterocycles. The van der Waals surface area contributed by atoms with E-state index in [9.17, 15) is 4.79 Å². The molecule has 13 heavy (non-hydrogen) atoms. The summed E-state index contributed by atoms with van der Waals surface area (Å²) in [5.74, 6) is 0.458. The fourth-order valence-electron chi connectivity index (χ4n) is 1.73. The molecule has 1 rings (SSSR count). The van der Waals surface area contributed by atoms with Crippen molar-refractivity contribution in [1.29, 1.82) is 0 Å². The van der Waals surface area contributed by atoms with Crippen molar-refractivity contribution in [3.05, 3.63) is 5.53 Å². The zero-order valence-corrected chi connectivity index (χ0v) is 8.50. The van der Waals surface area contributed by atoms with Crippen LogP contribution in [0.25, 0.3) is 5.53 Å². The van der Waals surface area contributed by atoms with E-state index in [2.05, 4.69) is 25.6 Å². The summed E-state index contributed by atoms with van der Waals surface area (Å²) in [6.07, 6.45) is 2.07. The van der Waals surface area contributed by atoms with Gasteiger partial charge in [0.2, 0.25) is 5.78 Å². The van der Waals surface area contributed by atoms with Crippen molar-refractivity contribution in [1.82, 2.24) is 0 Å². The number of carbonyl (C=O) groups is 1. The molecule has 0 heterocycles. The van der Waals surface area contributed by atoms with Crippen LogP contribution in [0.2, 0.25) is 0 Å². The Morgan fingerprint density at radius 3 is 2.54 bits per heavy atom. The van der Waals surface area contributed by atoms with Crippen LogP contribution in [0.3, 0.4) is 0 Å². The third-order valence-electron chi connectivity index (χ3n) is 2.83. The number of hydrogen-bond acceptors (Lipinski definition) is 1. The van der Waals surface area contributed by atoms with Crippen molar-refractivity contribution in [3.8, 4) is 0 Å². The molecule has 1 aliphatic carbocycles. The van der Waals surface area contributed by atoms with Crippen molar-refractivity contribution in [3.63, 3.8) is 0 Å². The minimum absolute atomic E-state index is 0.00278. The molecule has 1 fully saturated rings. The molecular weight excluding hydrogens is 164 g/mol. The van der Waals surface area contributed by atoms with Gasteiger partial charge in [0.1, 0.15) is 0 Å². The van der Waals surface area contributed by atoms with Crippen molar-refractivity contribution in [2.24, 2.45) is 11.3 Å². The van der Waals surface area contributed by atoms with Gasteiger partial charge in [-0.15, -0.1) is 0 Å². The Morgan fingerprint density at radius 2 is 2.08 bits per heavy atom. The van der Waals surface area contributed by atoms with E-state index in [1.165, 1.54) is 0 Å². The topological polar surface area (TPSA) is 53.5 Å². The van der Waals surface area contributed by atoms with Crippen LogP contribution in [0.4, 0.5) is 0 Å². The molecule has 72 valence electrons. The zero-order chi connectivity index (χ0) is 10.1. The second-order valence-electron chi connectivity index (χ2n) is 4.78. The SMILES string of the molecule is CC(C)(C)[C@H]1CCC(=O)C(=[N+]=[N-])C1. The zero-order valence-electron chi connectivity index (χ0n) is 8.50. The average molecular weight is 180 g/mol. The molecule has 3 nitrogen and oxygen atoms in total. The van der Waals surface area contributed by atoms with Crippen molar-refractivity contribution in [2.45, 2.75) is 40.0 Å². The standard InChI is InChI=1S/C10H16N2O/c1-10(2,3)7-4-5-9(13)8(6-7)12-11/h7H,4-6H2,1-3H3/t7-/m0/s1. The normalized spacial score (nSPS) is 24.4. The highest BCUT2D eigenvalue weighted by Gasteiger charge is 2.36. The Balaban J connectivity index is 2.77. The van der Waals surface area contributed by atoms with Gasteiger partial charge in [-0.05, 0) is 17.8 Å². The second-order valence-corrected chi connectivity index (χ2v) is 4.78. The predicted molar refractivity (Wildman–Crippen MR) is 50.4 cm³/mol.